The van der Waals surface area contributed by atoms with Crippen LogP contribution in [0.15, 0.2) is 23.6 Å². The molecule has 2 heterocycles. The van der Waals surface area contributed by atoms with E-state index in [9.17, 15) is 19.1 Å². The Morgan fingerprint density at radius 2 is 2.08 bits per heavy atom. The smallest absolute Gasteiger partial charge is 0.307 e. The van der Waals surface area contributed by atoms with Gasteiger partial charge in [0.25, 0.3) is 5.91 Å². The van der Waals surface area contributed by atoms with Crippen LogP contribution in [0.2, 0.25) is 0 Å². The second-order valence-electron chi connectivity index (χ2n) is 5.42. The highest BCUT2D eigenvalue weighted by Gasteiger charge is 2.25. The second-order valence-corrected chi connectivity index (χ2v) is 6.31. The zero-order valence-electron chi connectivity index (χ0n) is 13.4. The lowest BCUT2D eigenvalue weighted by Crippen LogP contribution is -2.13. The first kappa shape index (κ1) is 17.0. The predicted octanol–water partition coefficient (Wildman–Crippen LogP) is 3.18. The fourth-order valence-corrected chi connectivity index (χ4v) is 3.48. The Morgan fingerprint density at radius 3 is 2.64 bits per heavy atom. The lowest BCUT2D eigenvalue weighted by Gasteiger charge is -2.06. The van der Waals surface area contributed by atoms with Gasteiger partial charge in [-0.15, -0.1) is 11.3 Å². The summed E-state index contributed by atoms with van der Waals surface area (Å²) >= 11 is 0.999. The molecular formula is C17H14FNO5S. The molecule has 2 aromatic heterocycles. The molecule has 6 nitrogen and oxygen atoms in total. The lowest BCUT2D eigenvalue weighted by atomic mass is 10.1. The summed E-state index contributed by atoms with van der Waals surface area (Å²) in [6.07, 6.45) is -0.429. The Balaban J connectivity index is 2.32. The number of aromatic hydroxyl groups is 1. The van der Waals surface area contributed by atoms with Gasteiger partial charge in [-0.25, -0.2) is 4.39 Å². The van der Waals surface area contributed by atoms with Crippen molar-refractivity contribution in [2.75, 3.05) is 7.11 Å². The molecule has 0 aliphatic heterocycles. The van der Waals surface area contributed by atoms with E-state index < -0.39 is 24.1 Å². The van der Waals surface area contributed by atoms with Gasteiger partial charge in [-0.3, -0.25) is 14.2 Å². The Bertz CT molecular complexity index is 1000. The Hall–Kier alpha value is -2.87. The van der Waals surface area contributed by atoms with Crippen molar-refractivity contribution < 1.29 is 28.9 Å². The summed E-state index contributed by atoms with van der Waals surface area (Å²) < 4.78 is 21.0. The van der Waals surface area contributed by atoms with Gasteiger partial charge >= 0.3 is 5.97 Å². The summed E-state index contributed by atoms with van der Waals surface area (Å²) in [5, 5.41) is 20.1. The minimum atomic E-state index is -1.13. The maximum Gasteiger partial charge on any atom is 0.307 e. The van der Waals surface area contributed by atoms with Crippen LogP contribution in [0.25, 0.3) is 10.9 Å². The lowest BCUT2D eigenvalue weighted by molar-refractivity contribution is -0.136. The molecule has 0 fully saturated rings. The average molecular weight is 363 g/mol. The predicted molar refractivity (Wildman–Crippen MR) is 90.2 cm³/mol. The number of fused-ring (bicyclic) bond motifs is 1. The van der Waals surface area contributed by atoms with E-state index in [1.165, 1.54) is 35.3 Å². The molecule has 0 amide bonds. The number of nitrogens with zero attached hydrogens (tertiary/aromatic N) is 1. The molecule has 0 saturated carbocycles. The molecule has 0 aliphatic carbocycles. The highest BCUT2D eigenvalue weighted by molar-refractivity contribution is 7.12. The van der Waals surface area contributed by atoms with Crippen LogP contribution in [-0.4, -0.2) is 33.8 Å². The van der Waals surface area contributed by atoms with Crippen LogP contribution in [0.3, 0.4) is 0 Å². The van der Waals surface area contributed by atoms with E-state index >= 15 is 0 Å². The van der Waals surface area contributed by atoms with E-state index in [1.807, 2.05) is 0 Å². The summed E-state index contributed by atoms with van der Waals surface area (Å²) in [5.41, 5.74) is 1.04. The standard InChI is InChI=1S/C17H14FNO5S/c1-8-10(6-13(20)21)15-11(3-4-12(24-2)16(15)18)19(8)17(23)9-5-14(22)25-7-9/h3-5,7,22H,6H2,1-2H3,(H,20,21). The second kappa shape index (κ2) is 6.21. The van der Waals surface area contributed by atoms with Gasteiger partial charge in [0.15, 0.2) is 16.6 Å². The highest BCUT2D eigenvalue weighted by Crippen LogP contribution is 2.34. The van der Waals surface area contributed by atoms with Gasteiger partial charge < -0.3 is 14.9 Å². The Kier molecular flexibility index (Phi) is 4.22. The number of ether oxygens (including phenoxy) is 1. The van der Waals surface area contributed by atoms with Crippen molar-refractivity contribution >= 4 is 34.1 Å². The largest absolute Gasteiger partial charge is 0.499 e. The molecule has 1 aromatic carbocycles. The topological polar surface area (TPSA) is 88.8 Å². The van der Waals surface area contributed by atoms with E-state index in [0.717, 1.165) is 11.3 Å². The number of aliphatic carboxylic acids is 1. The van der Waals surface area contributed by atoms with Crippen LogP contribution < -0.4 is 4.74 Å². The molecule has 8 heteroatoms. The Morgan fingerprint density at radius 1 is 1.36 bits per heavy atom. The van der Waals surface area contributed by atoms with Crippen LogP contribution in [0.4, 0.5) is 4.39 Å². The molecule has 0 bridgehead atoms. The van der Waals surface area contributed by atoms with Crippen molar-refractivity contribution in [3.8, 4) is 10.8 Å². The van der Waals surface area contributed by atoms with Gasteiger partial charge in [0.1, 0.15) is 0 Å². The number of methoxy groups -OCH3 is 1. The van der Waals surface area contributed by atoms with Crippen molar-refractivity contribution in [3.63, 3.8) is 0 Å². The van der Waals surface area contributed by atoms with Crippen molar-refractivity contribution in [3.05, 3.63) is 46.2 Å². The van der Waals surface area contributed by atoms with Gasteiger partial charge in [0.05, 0.1) is 24.6 Å². The van der Waals surface area contributed by atoms with E-state index in [0.29, 0.717) is 5.69 Å². The third-order valence-electron chi connectivity index (χ3n) is 3.98. The van der Waals surface area contributed by atoms with Crippen LogP contribution in [0.1, 0.15) is 21.6 Å². The number of aromatic nitrogens is 1. The minimum Gasteiger partial charge on any atom is -0.499 e. The van der Waals surface area contributed by atoms with Crippen molar-refractivity contribution in [2.24, 2.45) is 0 Å². The van der Waals surface area contributed by atoms with Crippen molar-refractivity contribution in [2.45, 2.75) is 13.3 Å². The number of hydrogen-bond acceptors (Lipinski definition) is 5. The van der Waals surface area contributed by atoms with Crippen LogP contribution in [0, 0.1) is 12.7 Å². The number of benzene rings is 1. The molecule has 0 radical (unpaired) electrons. The van der Waals surface area contributed by atoms with Gasteiger partial charge in [-0.05, 0) is 24.6 Å². The number of hydrogen-bond donors (Lipinski definition) is 2. The van der Waals surface area contributed by atoms with E-state index in [-0.39, 0.29) is 32.8 Å². The number of carboxylic acids is 1. The minimum absolute atomic E-state index is 0.0175. The molecular weight excluding hydrogens is 349 g/mol. The number of rotatable bonds is 4. The molecule has 0 unspecified atom stereocenters. The van der Waals surface area contributed by atoms with Crippen LogP contribution in [-0.2, 0) is 11.2 Å². The first-order valence-corrected chi connectivity index (χ1v) is 8.13. The normalized spacial score (nSPS) is 11.0. The molecule has 0 saturated heterocycles. The van der Waals surface area contributed by atoms with Gasteiger partial charge in [0.2, 0.25) is 0 Å². The third-order valence-corrected chi connectivity index (χ3v) is 4.71. The maximum atomic E-state index is 14.8. The number of carbonyl (C=O) groups excluding carboxylic acids is 1. The first-order chi connectivity index (χ1) is 11.8. The van der Waals surface area contributed by atoms with E-state index in [4.69, 9.17) is 9.84 Å². The van der Waals surface area contributed by atoms with Gasteiger partial charge in [-0.2, -0.15) is 0 Å². The molecule has 2 N–H and O–H groups in total. The van der Waals surface area contributed by atoms with Crippen molar-refractivity contribution in [1.29, 1.82) is 0 Å². The fraction of sp³-hybridized carbons (Fsp3) is 0.176. The third kappa shape index (κ3) is 2.74. The molecule has 3 rings (SSSR count). The molecule has 3 aromatic rings. The monoisotopic (exact) mass is 363 g/mol. The zero-order valence-corrected chi connectivity index (χ0v) is 14.2. The molecule has 130 valence electrons. The maximum absolute atomic E-state index is 14.8. The SMILES string of the molecule is COc1ccc2c(c1F)c(CC(=O)O)c(C)n2C(=O)c1csc(O)c1. The number of thiophene rings is 1. The van der Waals surface area contributed by atoms with Gasteiger partial charge in [-0.1, -0.05) is 0 Å². The van der Waals surface area contributed by atoms with Gasteiger partial charge in [0, 0.05) is 22.5 Å². The number of carboxylic acid groups (broad SMARTS) is 1. The summed E-state index contributed by atoms with van der Waals surface area (Å²) in [6.45, 7) is 1.56. The van der Waals surface area contributed by atoms with Crippen LogP contribution in [0.5, 0.6) is 10.8 Å². The van der Waals surface area contributed by atoms with E-state index in [2.05, 4.69) is 0 Å². The summed E-state index contributed by atoms with van der Waals surface area (Å²) in [7, 11) is 1.31. The molecule has 25 heavy (non-hydrogen) atoms. The van der Waals surface area contributed by atoms with Crippen molar-refractivity contribution in [1.82, 2.24) is 4.57 Å². The highest BCUT2D eigenvalue weighted by atomic mass is 32.1. The summed E-state index contributed by atoms with van der Waals surface area (Å²) in [4.78, 5) is 24.0. The summed E-state index contributed by atoms with van der Waals surface area (Å²) in [6, 6.07) is 4.21. The van der Waals surface area contributed by atoms with E-state index in [1.54, 1.807) is 6.92 Å². The zero-order chi connectivity index (χ0) is 18.3. The summed E-state index contributed by atoms with van der Waals surface area (Å²) in [5.74, 6) is -2.35. The van der Waals surface area contributed by atoms with Crippen LogP contribution >= 0.6 is 11.3 Å². The average Bonchev–Trinajstić information content (AvgIpc) is 3.10. The Labute approximate surface area is 145 Å². The molecule has 0 spiro atoms. The number of halogens is 1. The fourth-order valence-electron chi connectivity index (χ4n) is 2.87. The quantitative estimate of drug-likeness (QED) is 0.743. The first-order valence-electron chi connectivity index (χ1n) is 7.25. The molecule has 0 aliphatic rings. The molecule has 0 atom stereocenters. The number of carbonyl (C=O) groups is 2.